The minimum atomic E-state index is -3.11. The third-order valence-corrected chi connectivity index (χ3v) is 7.83. The number of imide groups is 1. The maximum absolute atomic E-state index is 13.4. The number of aromatic nitrogens is 1. The first-order valence-corrected chi connectivity index (χ1v) is 14.8. The normalized spacial score (nSPS) is 14.7. The van der Waals surface area contributed by atoms with E-state index >= 15 is 0 Å². The van der Waals surface area contributed by atoms with Crippen LogP contribution in [0.25, 0.3) is 0 Å². The van der Waals surface area contributed by atoms with Gasteiger partial charge < -0.3 is 24.3 Å². The molecule has 1 aliphatic carbocycles. The highest BCUT2D eigenvalue weighted by Crippen LogP contribution is 2.38. The Morgan fingerprint density at radius 2 is 1.80 bits per heavy atom. The number of anilines is 1. The van der Waals surface area contributed by atoms with E-state index in [0.29, 0.717) is 21.9 Å². The van der Waals surface area contributed by atoms with Gasteiger partial charge in [-0.15, -0.1) is 0 Å². The minimum Gasteiger partial charge on any atom is -0.489 e. The molecule has 0 spiro atoms. The van der Waals surface area contributed by atoms with Crippen molar-refractivity contribution in [2.75, 3.05) is 32.2 Å². The lowest BCUT2D eigenvalue weighted by Crippen LogP contribution is -2.36. The molecule has 15 heteroatoms. The molecule has 0 saturated heterocycles. The van der Waals surface area contributed by atoms with E-state index in [2.05, 4.69) is 15.0 Å². The highest BCUT2D eigenvalue weighted by atomic mass is 35.5. The highest BCUT2D eigenvalue weighted by molar-refractivity contribution is 6.35. The van der Waals surface area contributed by atoms with Crippen LogP contribution in [-0.4, -0.2) is 67.1 Å². The van der Waals surface area contributed by atoms with E-state index in [1.165, 1.54) is 55.9 Å². The average molecular weight is 678 g/mol. The Kier molecular flexibility index (Phi) is 10.3. The molecular weight excluding hydrogens is 651 g/mol. The van der Waals surface area contributed by atoms with Crippen LogP contribution in [0.3, 0.4) is 0 Å². The average Bonchev–Trinajstić information content (AvgIpc) is 3.81. The third kappa shape index (κ3) is 7.72. The monoisotopic (exact) mass is 677 g/mol. The van der Waals surface area contributed by atoms with Gasteiger partial charge in [0.1, 0.15) is 19.3 Å². The molecular formula is C31H27Cl2F2N3O8. The summed E-state index contributed by atoms with van der Waals surface area (Å²) < 4.78 is 47.3. The topological polar surface area (TPSA) is 133 Å². The van der Waals surface area contributed by atoms with Crippen LogP contribution < -0.4 is 14.8 Å². The number of alkyl halides is 2. The van der Waals surface area contributed by atoms with Gasteiger partial charge in [-0.3, -0.25) is 29.1 Å². The number of hydrogen-bond acceptors (Lipinski definition) is 9. The molecule has 3 aromatic rings. The Morgan fingerprint density at radius 3 is 2.48 bits per heavy atom. The fraction of sp³-hybridized carbons (Fsp3) is 0.323. The lowest BCUT2D eigenvalue weighted by Gasteiger charge is -2.22. The van der Waals surface area contributed by atoms with Crippen molar-refractivity contribution in [1.82, 2.24) is 9.88 Å². The quantitative estimate of drug-likeness (QED) is 0.174. The first-order chi connectivity index (χ1) is 22.0. The molecule has 3 amide bonds. The molecule has 2 aromatic carbocycles. The summed E-state index contributed by atoms with van der Waals surface area (Å²) in [4.78, 5) is 56.6. The van der Waals surface area contributed by atoms with E-state index in [0.717, 1.165) is 12.8 Å². The van der Waals surface area contributed by atoms with E-state index < -0.39 is 43.0 Å². The molecule has 1 fully saturated rings. The lowest BCUT2D eigenvalue weighted by molar-refractivity contribution is -0.149. The number of fused-ring (bicyclic) bond motifs is 1. The Balaban J connectivity index is 1.40. The number of nitrogens with one attached hydrogen (secondary N) is 1. The number of pyridine rings is 1. The zero-order chi connectivity index (χ0) is 33.0. The second-order valence-corrected chi connectivity index (χ2v) is 11.3. The van der Waals surface area contributed by atoms with Crippen LogP contribution in [-0.2, 0) is 25.5 Å². The van der Waals surface area contributed by atoms with Gasteiger partial charge in [0.25, 0.3) is 11.8 Å². The van der Waals surface area contributed by atoms with Gasteiger partial charge in [-0.25, -0.2) is 0 Å². The summed E-state index contributed by atoms with van der Waals surface area (Å²) in [5, 5.41) is 2.88. The van der Waals surface area contributed by atoms with Crippen molar-refractivity contribution in [2.45, 2.75) is 32.0 Å². The fourth-order valence-electron chi connectivity index (χ4n) is 4.79. The van der Waals surface area contributed by atoms with E-state index in [9.17, 15) is 28.0 Å². The summed E-state index contributed by atoms with van der Waals surface area (Å²) in [6.45, 7) is -3.88. The third-order valence-electron chi connectivity index (χ3n) is 7.18. The number of rotatable bonds is 14. The summed E-state index contributed by atoms with van der Waals surface area (Å²) in [5.41, 5.74) is 0.686. The van der Waals surface area contributed by atoms with Gasteiger partial charge >= 0.3 is 12.6 Å². The molecule has 242 valence electrons. The standard InChI is InChI=1S/C31H27Cl2F2N3O8/c1-43-15-26(39)37-22-4-2-3-18-28(22)30(42)38(29(18)41)13-27(40)45-24(10-19-20(32)11-36-12-21(19)33)17-7-8-23(46-31(34)35)25(9-17)44-14-16-5-6-16/h2-4,7-9,11-12,16,24,31H,5-6,10,13-15H2,1H3,(H,37,39). The Hall–Kier alpha value is -4.33. The van der Waals surface area contributed by atoms with E-state index in [-0.39, 0.29) is 58.0 Å². The van der Waals surface area contributed by atoms with Gasteiger partial charge in [0.2, 0.25) is 5.91 Å². The van der Waals surface area contributed by atoms with Crippen molar-refractivity contribution in [1.29, 1.82) is 0 Å². The Bertz CT molecular complexity index is 1650. The molecule has 5 rings (SSSR count). The summed E-state index contributed by atoms with van der Waals surface area (Å²) in [6.07, 6.45) is 3.39. The molecule has 0 radical (unpaired) electrons. The molecule has 2 heterocycles. The molecule has 1 N–H and O–H groups in total. The molecule has 11 nitrogen and oxygen atoms in total. The van der Waals surface area contributed by atoms with Gasteiger partial charge in [-0.05, 0) is 54.2 Å². The predicted molar refractivity (Wildman–Crippen MR) is 160 cm³/mol. The van der Waals surface area contributed by atoms with Crippen LogP contribution in [0.4, 0.5) is 14.5 Å². The second kappa shape index (κ2) is 14.4. The number of amides is 3. The molecule has 2 aliphatic rings. The number of esters is 1. The SMILES string of the molecule is COCC(=O)Nc1cccc2c1C(=O)N(CC(=O)OC(Cc1c(Cl)cncc1Cl)c1ccc(OC(F)F)c(OCC3CC3)c1)C2=O. The summed E-state index contributed by atoms with van der Waals surface area (Å²) >= 11 is 12.7. The van der Waals surface area contributed by atoms with E-state index in [1.54, 1.807) is 0 Å². The number of hydrogen-bond donors (Lipinski definition) is 1. The zero-order valence-electron chi connectivity index (χ0n) is 24.3. The smallest absolute Gasteiger partial charge is 0.387 e. The maximum Gasteiger partial charge on any atom is 0.387 e. The van der Waals surface area contributed by atoms with Crippen molar-refractivity contribution in [3.63, 3.8) is 0 Å². The number of benzene rings is 2. The number of methoxy groups -OCH3 is 1. The van der Waals surface area contributed by atoms with Crippen LogP contribution >= 0.6 is 23.2 Å². The summed E-state index contributed by atoms with van der Waals surface area (Å²) in [5.74, 6) is -2.99. The number of nitrogens with zero attached hydrogens (tertiary/aromatic N) is 2. The van der Waals surface area contributed by atoms with Gasteiger partial charge in [0, 0.05) is 25.9 Å². The fourth-order valence-corrected chi connectivity index (χ4v) is 5.31. The van der Waals surface area contributed by atoms with Crippen molar-refractivity contribution >= 4 is 52.6 Å². The molecule has 1 aliphatic heterocycles. The maximum atomic E-state index is 13.4. The molecule has 1 aromatic heterocycles. The summed E-state index contributed by atoms with van der Waals surface area (Å²) in [7, 11) is 1.33. The number of carbonyl (C=O) groups is 4. The van der Waals surface area contributed by atoms with Gasteiger partial charge in [0.15, 0.2) is 11.5 Å². The number of ether oxygens (including phenoxy) is 4. The van der Waals surface area contributed by atoms with Crippen LogP contribution in [0, 0.1) is 5.92 Å². The van der Waals surface area contributed by atoms with Crippen LogP contribution in [0.2, 0.25) is 10.0 Å². The molecule has 46 heavy (non-hydrogen) atoms. The van der Waals surface area contributed by atoms with Crippen LogP contribution in [0.5, 0.6) is 11.5 Å². The molecule has 1 saturated carbocycles. The minimum absolute atomic E-state index is 0.00742. The Morgan fingerprint density at radius 1 is 1.07 bits per heavy atom. The Labute approximate surface area is 271 Å². The predicted octanol–water partition coefficient (Wildman–Crippen LogP) is 5.49. The largest absolute Gasteiger partial charge is 0.489 e. The van der Waals surface area contributed by atoms with Crippen LogP contribution in [0.15, 0.2) is 48.8 Å². The first kappa shape index (κ1) is 33.0. The lowest BCUT2D eigenvalue weighted by atomic mass is 10.0. The van der Waals surface area contributed by atoms with Gasteiger partial charge in [-0.1, -0.05) is 35.3 Å². The van der Waals surface area contributed by atoms with Crippen molar-refractivity contribution in [2.24, 2.45) is 5.92 Å². The molecule has 1 atom stereocenters. The number of carbonyl (C=O) groups excluding carboxylic acids is 4. The van der Waals surface area contributed by atoms with Crippen LogP contribution in [0.1, 0.15) is 50.8 Å². The second-order valence-electron chi connectivity index (χ2n) is 10.5. The van der Waals surface area contributed by atoms with Crippen molar-refractivity contribution in [3.05, 3.63) is 81.1 Å². The van der Waals surface area contributed by atoms with Crippen molar-refractivity contribution in [3.8, 4) is 11.5 Å². The summed E-state index contributed by atoms with van der Waals surface area (Å²) in [6, 6.07) is 8.43. The van der Waals surface area contributed by atoms with Gasteiger partial charge in [-0.2, -0.15) is 8.78 Å². The van der Waals surface area contributed by atoms with E-state index in [1.807, 2.05) is 0 Å². The van der Waals surface area contributed by atoms with E-state index in [4.69, 9.17) is 37.4 Å². The molecule has 0 bridgehead atoms. The highest BCUT2D eigenvalue weighted by Gasteiger charge is 2.39. The number of halogens is 4. The zero-order valence-corrected chi connectivity index (χ0v) is 25.8. The van der Waals surface area contributed by atoms with Gasteiger partial charge in [0.05, 0.1) is 33.5 Å². The first-order valence-electron chi connectivity index (χ1n) is 14.0. The molecule has 1 unspecified atom stereocenters. The van der Waals surface area contributed by atoms with Crippen molar-refractivity contribution < 1.29 is 46.9 Å².